The Morgan fingerprint density at radius 3 is 2.75 bits per heavy atom. The first kappa shape index (κ1) is 15.7. The topological polar surface area (TPSA) is 41.6 Å². The lowest BCUT2D eigenvalue weighted by atomic mass is 9.86. The molecule has 4 nitrogen and oxygen atoms in total. The van der Waals surface area contributed by atoms with E-state index in [1.807, 2.05) is 0 Å². The van der Waals surface area contributed by atoms with Crippen molar-refractivity contribution in [1.29, 1.82) is 0 Å². The summed E-state index contributed by atoms with van der Waals surface area (Å²) >= 11 is 0. The molecule has 0 aromatic heterocycles. The number of nitrogens with zero attached hydrogens (tertiary/aromatic N) is 1. The zero-order valence-corrected chi connectivity index (χ0v) is 13.2. The second-order valence-electron chi connectivity index (χ2n) is 6.76. The van der Waals surface area contributed by atoms with Crippen LogP contribution in [0.2, 0.25) is 0 Å². The zero-order chi connectivity index (χ0) is 16.9. The van der Waals surface area contributed by atoms with Crippen LogP contribution in [0.15, 0.2) is 12.1 Å². The zero-order valence-electron chi connectivity index (χ0n) is 13.2. The van der Waals surface area contributed by atoms with Crippen molar-refractivity contribution >= 4 is 5.91 Å². The van der Waals surface area contributed by atoms with Gasteiger partial charge in [-0.2, -0.15) is 13.2 Å². The van der Waals surface area contributed by atoms with Crippen LogP contribution in [0.4, 0.5) is 13.2 Å². The Morgan fingerprint density at radius 2 is 2.08 bits per heavy atom. The molecular formula is C17H19F3N2O2. The van der Waals surface area contributed by atoms with Crippen LogP contribution >= 0.6 is 0 Å². The van der Waals surface area contributed by atoms with Crippen LogP contribution in [-0.2, 0) is 6.18 Å². The van der Waals surface area contributed by atoms with Crippen molar-refractivity contribution in [3.8, 4) is 5.75 Å². The first-order chi connectivity index (χ1) is 11.4. The molecule has 1 aromatic carbocycles. The van der Waals surface area contributed by atoms with Gasteiger partial charge in [0.1, 0.15) is 5.75 Å². The first-order valence-electron chi connectivity index (χ1n) is 8.35. The number of nitrogens with one attached hydrogen (secondary N) is 1. The van der Waals surface area contributed by atoms with E-state index in [-0.39, 0.29) is 17.4 Å². The van der Waals surface area contributed by atoms with E-state index in [1.165, 1.54) is 4.90 Å². The molecule has 3 aliphatic rings. The van der Waals surface area contributed by atoms with Gasteiger partial charge in [-0.05, 0) is 36.5 Å². The molecule has 1 aliphatic carbocycles. The summed E-state index contributed by atoms with van der Waals surface area (Å²) in [6.07, 6.45) is -1.29. The summed E-state index contributed by atoms with van der Waals surface area (Å²) in [6, 6.07) is 2.27. The molecular weight excluding hydrogens is 321 g/mol. The van der Waals surface area contributed by atoms with Gasteiger partial charge >= 0.3 is 6.18 Å². The van der Waals surface area contributed by atoms with Crippen LogP contribution in [-0.4, -0.2) is 37.0 Å². The maximum atomic E-state index is 13.5. The summed E-state index contributed by atoms with van der Waals surface area (Å²) in [5.74, 6) is 0.129. The second kappa shape index (κ2) is 5.65. The molecule has 4 rings (SSSR count). The predicted molar refractivity (Wildman–Crippen MR) is 80.9 cm³/mol. The van der Waals surface area contributed by atoms with Gasteiger partial charge in [-0.25, -0.2) is 0 Å². The van der Waals surface area contributed by atoms with Crippen molar-refractivity contribution in [3.63, 3.8) is 0 Å². The largest absolute Gasteiger partial charge is 0.493 e. The Hall–Kier alpha value is -1.76. The smallest absolute Gasteiger partial charge is 0.417 e. The Bertz CT molecular complexity index is 671. The number of rotatable bonds is 3. The van der Waals surface area contributed by atoms with E-state index in [1.54, 1.807) is 6.07 Å². The van der Waals surface area contributed by atoms with E-state index in [0.29, 0.717) is 37.7 Å². The number of amides is 1. The number of alkyl halides is 3. The van der Waals surface area contributed by atoms with Crippen molar-refractivity contribution in [2.24, 2.45) is 5.92 Å². The average Bonchev–Trinajstić information content (AvgIpc) is 2.78. The quantitative estimate of drug-likeness (QED) is 0.920. The molecule has 130 valence electrons. The fraction of sp³-hybridized carbons (Fsp3) is 0.588. The lowest BCUT2D eigenvalue weighted by Gasteiger charge is -2.30. The third-order valence-corrected chi connectivity index (χ3v) is 5.24. The molecule has 1 N–H and O–H groups in total. The van der Waals surface area contributed by atoms with E-state index >= 15 is 0 Å². The Kier molecular flexibility index (Phi) is 3.71. The Balaban J connectivity index is 1.72. The van der Waals surface area contributed by atoms with Crippen molar-refractivity contribution in [2.45, 2.75) is 31.5 Å². The third-order valence-electron chi connectivity index (χ3n) is 5.24. The fourth-order valence-electron chi connectivity index (χ4n) is 3.69. The summed E-state index contributed by atoms with van der Waals surface area (Å²) < 4.78 is 46.2. The number of piperazine rings is 1. The number of fused-ring (bicyclic) bond motifs is 3. The molecule has 1 amide bonds. The molecule has 2 aliphatic heterocycles. The molecule has 24 heavy (non-hydrogen) atoms. The van der Waals surface area contributed by atoms with Crippen molar-refractivity contribution < 1.29 is 22.7 Å². The van der Waals surface area contributed by atoms with Gasteiger partial charge in [-0.1, -0.05) is 6.42 Å². The van der Waals surface area contributed by atoms with Crippen LogP contribution in [0.25, 0.3) is 0 Å². The lowest BCUT2D eigenvalue weighted by Crippen LogP contribution is -2.44. The predicted octanol–water partition coefficient (Wildman–Crippen LogP) is 2.98. The van der Waals surface area contributed by atoms with Gasteiger partial charge in [0.2, 0.25) is 0 Å². The number of hydrogen-bond donors (Lipinski definition) is 1. The maximum absolute atomic E-state index is 13.5. The molecule has 1 atom stereocenters. The molecule has 7 heteroatoms. The van der Waals surface area contributed by atoms with E-state index in [4.69, 9.17) is 4.74 Å². The Labute approximate surface area is 138 Å². The number of hydrogen-bond acceptors (Lipinski definition) is 3. The standard InChI is InChI=1S/C17H19F3N2O2/c18-17(19,20)13-7-11(24-9-10-2-1-3-10)6-12-14-8-21-4-5-22(14)16(23)15(12)13/h6-7,10,14,21H,1-5,8-9H2/t14-/m0/s1. The van der Waals surface area contributed by atoms with Crippen molar-refractivity contribution in [2.75, 3.05) is 26.2 Å². The van der Waals surface area contributed by atoms with E-state index in [0.717, 1.165) is 25.3 Å². The highest BCUT2D eigenvalue weighted by molar-refractivity contribution is 6.01. The number of carbonyl (C=O) groups is 1. The van der Waals surface area contributed by atoms with Crippen LogP contribution in [0, 0.1) is 5.92 Å². The van der Waals surface area contributed by atoms with Crippen LogP contribution in [0.3, 0.4) is 0 Å². The van der Waals surface area contributed by atoms with Gasteiger partial charge in [0.25, 0.3) is 5.91 Å². The molecule has 0 spiro atoms. The molecule has 1 saturated carbocycles. The molecule has 0 bridgehead atoms. The lowest BCUT2D eigenvalue weighted by molar-refractivity contribution is -0.138. The second-order valence-corrected chi connectivity index (χ2v) is 6.76. The summed E-state index contributed by atoms with van der Waals surface area (Å²) in [6.45, 7) is 1.94. The Morgan fingerprint density at radius 1 is 1.29 bits per heavy atom. The minimum atomic E-state index is -4.57. The summed E-state index contributed by atoms with van der Waals surface area (Å²) in [4.78, 5) is 14.0. The van der Waals surface area contributed by atoms with E-state index in [9.17, 15) is 18.0 Å². The van der Waals surface area contributed by atoms with Gasteiger partial charge in [0, 0.05) is 19.6 Å². The number of carbonyl (C=O) groups excluding carboxylic acids is 1. The maximum Gasteiger partial charge on any atom is 0.417 e. The van der Waals surface area contributed by atoms with Crippen molar-refractivity contribution in [1.82, 2.24) is 10.2 Å². The first-order valence-corrected chi connectivity index (χ1v) is 8.35. The SMILES string of the molecule is O=C1c2c(cc(OCC3CCC3)cc2C(F)(F)F)[C@@H]2CNCCN12. The summed E-state index contributed by atoms with van der Waals surface area (Å²) in [5, 5.41) is 3.15. The minimum Gasteiger partial charge on any atom is -0.493 e. The molecule has 2 fully saturated rings. The minimum absolute atomic E-state index is 0.202. The number of ether oxygens (including phenoxy) is 1. The summed E-state index contributed by atoms with van der Waals surface area (Å²) in [7, 11) is 0. The molecule has 2 heterocycles. The molecule has 1 aromatic rings. The molecule has 0 unspecified atom stereocenters. The van der Waals surface area contributed by atoms with E-state index in [2.05, 4.69) is 5.32 Å². The van der Waals surface area contributed by atoms with Gasteiger partial charge in [0.05, 0.1) is 23.8 Å². The highest BCUT2D eigenvalue weighted by Crippen LogP contribution is 2.44. The van der Waals surface area contributed by atoms with Crippen LogP contribution in [0.1, 0.15) is 46.8 Å². The van der Waals surface area contributed by atoms with Crippen LogP contribution < -0.4 is 10.1 Å². The molecule has 0 radical (unpaired) electrons. The third kappa shape index (κ3) is 2.55. The van der Waals surface area contributed by atoms with Crippen LogP contribution in [0.5, 0.6) is 5.75 Å². The van der Waals surface area contributed by atoms with Crippen molar-refractivity contribution in [3.05, 3.63) is 28.8 Å². The van der Waals surface area contributed by atoms with E-state index < -0.39 is 17.6 Å². The monoisotopic (exact) mass is 340 g/mol. The number of benzene rings is 1. The number of halogens is 3. The average molecular weight is 340 g/mol. The highest BCUT2D eigenvalue weighted by atomic mass is 19.4. The molecule has 1 saturated heterocycles. The fourth-order valence-corrected chi connectivity index (χ4v) is 3.69. The highest BCUT2D eigenvalue weighted by Gasteiger charge is 2.46. The van der Waals surface area contributed by atoms with Gasteiger partial charge in [-0.3, -0.25) is 4.79 Å². The summed E-state index contributed by atoms with van der Waals surface area (Å²) in [5.41, 5.74) is -0.638. The van der Waals surface area contributed by atoms with Gasteiger partial charge < -0.3 is 15.0 Å². The van der Waals surface area contributed by atoms with Gasteiger partial charge in [-0.15, -0.1) is 0 Å². The normalized spacial score (nSPS) is 23.7. The van der Waals surface area contributed by atoms with Gasteiger partial charge in [0.15, 0.2) is 0 Å².